The van der Waals surface area contributed by atoms with Gasteiger partial charge in [-0.25, -0.2) is 0 Å². The maximum atomic E-state index is 10.2. The van der Waals surface area contributed by atoms with Gasteiger partial charge >= 0.3 is 92.1 Å². The van der Waals surface area contributed by atoms with Crippen molar-refractivity contribution in [1.82, 2.24) is 0 Å². The van der Waals surface area contributed by atoms with Crippen LogP contribution in [0.2, 0.25) is 3.67 Å². The molecule has 7 heteroatoms. The van der Waals surface area contributed by atoms with Crippen LogP contribution in [0.1, 0.15) is 96.8 Å². The number of unbranched alkanes of at least 4 members (excludes halogenated alkanes) is 11. The van der Waals surface area contributed by atoms with Crippen LogP contribution < -0.4 is 0 Å². The van der Waals surface area contributed by atoms with Crippen LogP contribution >= 0.6 is 0 Å². The van der Waals surface area contributed by atoms with Gasteiger partial charge in [-0.3, -0.25) is 4.79 Å². The topological polar surface area (TPSA) is 91.7 Å². The molecule has 0 radical (unpaired) electrons. The van der Waals surface area contributed by atoms with Crippen LogP contribution in [0.15, 0.2) is 0 Å². The molecule has 0 saturated heterocycles. The van der Waals surface area contributed by atoms with Crippen molar-refractivity contribution in [3.05, 3.63) is 0 Å². The molecule has 2 N–H and O–H groups in total. The zero-order valence-corrected chi connectivity index (χ0v) is 19.2. The number of carboxylic acids is 1. The summed E-state index contributed by atoms with van der Waals surface area (Å²) < 4.78 is 30.1. The molecule has 146 valence electrons. The normalized spacial score (nSPS) is 11.0. The molecule has 0 aliphatic carbocycles. The molecule has 0 atom stereocenters. The molecule has 0 saturated carbocycles. The van der Waals surface area contributed by atoms with Crippen molar-refractivity contribution < 1.29 is 22.9 Å². The molecule has 25 heavy (non-hydrogen) atoms. The van der Waals surface area contributed by atoms with E-state index in [4.69, 9.17) is 9.66 Å². The Hall–Kier alpha value is 0.380. The SMILES string of the molecule is CCCCCCCCCCCC(=O)O.O=S(=O)(O)CCCCC[CH2][Na]. The van der Waals surface area contributed by atoms with E-state index in [9.17, 15) is 13.2 Å². The predicted molar refractivity (Wildman–Crippen MR) is 105 cm³/mol. The van der Waals surface area contributed by atoms with Crippen molar-refractivity contribution in [1.29, 1.82) is 0 Å². The summed E-state index contributed by atoms with van der Waals surface area (Å²) in [6.07, 6.45) is 15.3. The number of rotatable bonds is 16. The van der Waals surface area contributed by atoms with Crippen molar-refractivity contribution in [3.63, 3.8) is 0 Å². The molecule has 0 aromatic carbocycles. The van der Waals surface area contributed by atoms with Crippen molar-refractivity contribution in [2.75, 3.05) is 5.75 Å². The first kappa shape index (κ1) is 27.6. The molecule has 0 aromatic heterocycles. The molecule has 0 heterocycles. The number of hydrogen-bond donors (Lipinski definition) is 2. The van der Waals surface area contributed by atoms with Gasteiger partial charge in [-0.2, -0.15) is 0 Å². The van der Waals surface area contributed by atoms with Gasteiger partial charge in [0.2, 0.25) is 0 Å². The Balaban J connectivity index is 0. The van der Waals surface area contributed by atoms with Gasteiger partial charge in [0.1, 0.15) is 0 Å². The number of carbonyl (C=O) groups is 1. The Kier molecular flexibility index (Phi) is 22.8. The van der Waals surface area contributed by atoms with E-state index in [0.717, 1.165) is 25.7 Å². The zero-order chi connectivity index (χ0) is 19.4. The van der Waals surface area contributed by atoms with E-state index in [0.29, 0.717) is 12.8 Å². The van der Waals surface area contributed by atoms with E-state index in [1.807, 2.05) is 0 Å². The molecule has 0 unspecified atom stereocenters. The van der Waals surface area contributed by atoms with Crippen LogP contribution in [0.4, 0.5) is 0 Å². The van der Waals surface area contributed by atoms with Crippen molar-refractivity contribution in [2.45, 2.75) is 100 Å². The Morgan fingerprint density at radius 2 is 1.24 bits per heavy atom. The van der Waals surface area contributed by atoms with E-state index < -0.39 is 16.1 Å². The minimum atomic E-state index is -3.70. The molecule has 0 rings (SSSR count). The first-order chi connectivity index (χ1) is 11.8. The molecule has 0 spiro atoms. The Bertz CT molecular complexity index is 385. The summed E-state index contributed by atoms with van der Waals surface area (Å²) >= 11 is 1.23. The number of carboxylic acid groups (broad SMARTS) is 1. The molecule has 0 aromatic rings. The van der Waals surface area contributed by atoms with Gasteiger partial charge in [0.05, 0.1) is 0 Å². The average molecular weight is 389 g/mol. The molecular weight excluding hydrogens is 351 g/mol. The molecule has 0 amide bonds. The maximum absolute atomic E-state index is 10.2. The van der Waals surface area contributed by atoms with Crippen LogP contribution in [0.3, 0.4) is 0 Å². The molecule has 0 aliphatic rings. The van der Waals surface area contributed by atoms with Crippen LogP contribution in [0.5, 0.6) is 0 Å². The summed E-state index contributed by atoms with van der Waals surface area (Å²) in [5.74, 6) is -0.735. The fraction of sp³-hybridized carbons (Fsp3) is 0.944. The predicted octanol–water partition coefficient (Wildman–Crippen LogP) is 5.01. The quantitative estimate of drug-likeness (QED) is 0.220. The Labute approximate surface area is 172 Å². The fourth-order valence-corrected chi connectivity index (χ4v) is 3.54. The average Bonchev–Trinajstić information content (AvgIpc) is 2.52. The third kappa shape index (κ3) is 32.5. The summed E-state index contributed by atoms with van der Waals surface area (Å²) in [5.41, 5.74) is 0. The van der Waals surface area contributed by atoms with Gasteiger partial charge in [-0.1, -0.05) is 58.3 Å². The van der Waals surface area contributed by atoms with Crippen LogP contribution in [0.25, 0.3) is 0 Å². The van der Waals surface area contributed by atoms with E-state index in [1.54, 1.807) is 0 Å². The second-order valence-corrected chi connectivity index (χ2v) is 9.24. The fourth-order valence-electron chi connectivity index (χ4n) is 2.47. The monoisotopic (exact) mass is 388 g/mol. The Morgan fingerprint density at radius 1 is 0.800 bits per heavy atom. The van der Waals surface area contributed by atoms with Crippen molar-refractivity contribution in [3.8, 4) is 0 Å². The van der Waals surface area contributed by atoms with Crippen molar-refractivity contribution in [2.24, 2.45) is 0 Å². The van der Waals surface area contributed by atoms with Crippen LogP contribution in [0, 0.1) is 0 Å². The van der Waals surface area contributed by atoms with Crippen LogP contribution in [-0.2, 0) is 14.9 Å². The second-order valence-electron chi connectivity index (χ2n) is 6.67. The van der Waals surface area contributed by atoms with E-state index in [1.165, 1.54) is 83.0 Å². The van der Waals surface area contributed by atoms with E-state index >= 15 is 0 Å². The second kappa shape index (κ2) is 20.7. The third-order valence-corrected chi connectivity index (χ3v) is 5.51. The third-order valence-electron chi connectivity index (χ3n) is 4.00. The summed E-state index contributed by atoms with van der Waals surface area (Å²) in [7, 11) is -3.70. The Morgan fingerprint density at radius 3 is 1.68 bits per heavy atom. The first-order valence-corrected chi connectivity index (χ1v) is 13.0. The van der Waals surface area contributed by atoms with Gasteiger partial charge in [-0.05, 0) is 6.42 Å². The molecular formula is C18H37NaO5S. The van der Waals surface area contributed by atoms with Gasteiger partial charge in [-0.15, -0.1) is 0 Å². The summed E-state index contributed by atoms with van der Waals surface area (Å²) in [5, 5.41) is 8.41. The van der Waals surface area contributed by atoms with E-state index in [-0.39, 0.29) is 5.75 Å². The molecule has 0 aliphatic heterocycles. The minimum absolute atomic E-state index is 0.0753. The number of hydrogen-bond acceptors (Lipinski definition) is 3. The zero-order valence-electron chi connectivity index (χ0n) is 16.3. The molecule has 0 bridgehead atoms. The molecule has 5 nitrogen and oxygen atoms in total. The van der Waals surface area contributed by atoms with Gasteiger partial charge in [0.25, 0.3) is 0 Å². The van der Waals surface area contributed by atoms with E-state index in [2.05, 4.69) is 6.92 Å². The van der Waals surface area contributed by atoms with Gasteiger partial charge < -0.3 is 5.11 Å². The standard InChI is InChI=1S/C12H24O2.C6H13O3S.Na/c1-2-3-4-5-6-7-8-9-10-11-12(13)14;1-2-3-4-5-6-10(7,8)9;/h2-11H2,1H3,(H,13,14);1-6H2,(H,7,8,9);. The summed E-state index contributed by atoms with van der Waals surface area (Å²) in [6, 6.07) is 0. The summed E-state index contributed by atoms with van der Waals surface area (Å²) in [6.45, 7) is 2.23. The number of aliphatic carboxylic acids is 1. The molecule has 0 fully saturated rings. The van der Waals surface area contributed by atoms with Gasteiger partial charge in [0.15, 0.2) is 0 Å². The summed E-state index contributed by atoms with van der Waals surface area (Å²) in [4.78, 5) is 10.2. The first-order valence-electron chi connectivity index (χ1n) is 10.0. The van der Waals surface area contributed by atoms with Gasteiger partial charge in [0, 0.05) is 6.42 Å². The van der Waals surface area contributed by atoms with Crippen LogP contribution in [-0.4, -0.2) is 57.7 Å². The van der Waals surface area contributed by atoms with Crippen molar-refractivity contribution >= 4 is 44.0 Å².